The molecule has 1 saturated heterocycles. The van der Waals surface area contributed by atoms with Gasteiger partial charge in [-0.15, -0.1) is 5.10 Å². The standard InChI is InChI=1S/C16H25N5O/c1-5-22-9-8-20-6-7-21(11-12(20)2)16-15(10-17)13(3)14(4)18-19-16/h12H,5-9,11H2,1-4H3/t12-/m1/s1. The molecule has 0 aromatic carbocycles. The van der Waals surface area contributed by atoms with Crippen molar-refractivity contribution in [3.05, 3.63) is 16.8 Å². The van der Waals surface area contributed by atoms with Crippen molar-refractivity contribution in [2.24, 2.45) is 0 Å². The predicted molar refractivity (Wildman–Crippen MR) is 86.0 cm³/mol. The second-order valence-corrected chi connectivity index (χ2v) is 5.75. The maximum absolute atomic E-state index is 9.44. The normalized spacial score (nSPS) is 19.2. The van der Waals surface area contributed by atoms with E-state index in [-0.39, 0.29) is 0 Å². The third kappa shape index (κ3) is 3.54. The summed E-state index contributed by atoms with van der Waals surface area (Å²) in [4.78, 5) is 4.60. The second-order valence-electron chi connectivity index (χ2n) is 5.75. The van der Waals surface area contributed by atoms with E-state index in [9.17, 15) is 5.26 Å². The molecule has 0 unspecified atom stereocenters. The monoisotopic (exact) mass is 303 g/mol. The van der Waals surface area contributed by atoms with Gasteiger partial charge >= 0.3 is 0 Å². The van der Waals surface area contributed by atoms with Gasteiger partial charge in [0.25, 0.3) is 0 Å². The van der Waals surface area contributed by atoms with E-state index in [1.54, 1.807) is 0 Å². The third-order valence-corrected chi connectivity index (χ3v) is 4.34. The highest BCUT2D eigenvalue weighted by Crippen LogP contribution is 2.23. The summed E-state index contributed by atoms with van der Waals surface area (Å²) in [6.07, 6.45) is 0. The summed E-state index contributed by atoms with van der Waals surface area (Å²) in [7, 11) is 0. The summed E-state index contributed by atoms with van der Waals surface area (Å²) in [6, 6.07) is 2.70. The van der Waals surface area contributed by atoms with E-state index in [1.807, 2.05) is 20.8 Å². The van der Waals surface area contributed by atoms with Gasteiger partial charge in [-0.25, -0.2) is 0 Å². The number of nitrogens with zero attached hydrogens (tertiary/aromatic N) is 5. The first-order valence-electron chi connectivity index (χ1n) is 7.89. The number of hydrogen-bond donors (Lipinski definition) is 0. The van der Waals surface area contributed by atoms with Gasteiger partial charge in [-0.05, 0) is 33.3 Å². The van der Waals surface area contributed by atoms with E-state index in [1.165, 1.54) is 0 Å². The quantitative estimate of drug-likeness (QED) is 0.768. The lowest BCUT2D eigenvalue weighted by atomic mass is 10.1. The van der Waals surface area contributed by atoms with Gasteiger partial charge in [0, 0.05) is 38.8 Å². The minimum Gasteiger partial charge on any atom is -0.380 e. The molecular weight excluding hydrogens is 278 g/mol. The van der Waals surface area contributed by atoms with Crippen LogP contribution in [0, 0.1) is 25.2 Å². The van der Waals surface area contributed by atoms with Gasteiger partial charge in [0.15, 0.2) is 5.82 Å². The number of ether oxygens (including phenoxy) is 1. The molecule has 0 saturated carbocycles. The largest absolute Gasteiger partial charge is 0.380 e. The fourth-order valence-electron chi connectivity index (χ4n) is 2.80. The minimum atomic E-state index is 0.407. The van der Waals surface area contributed by atoms with Crippen LogP contribution in [0.5, 0.6) is 0 Å². The zero-order valence-electron chi connectivity index (χ0n) is 14.0. The van der Waals surface area contributed by atoms with Crippen LogP contribution < -0.4 is 4.90 Å². The predicted octanol–water partition coefficient (Wildman–Crippen LogP) is 1.51. The summed E-state index contributed by atoms with van der Waals surface area (Å²) < 4.78 is 5.44. The second kappa shape index (κ2) is 7.52. The summed E-state index contributed by atoms with van der Waals surface area (Å²) >= 11 is 0. The number of nitriles is 1. The van der Waals surface area contributed by atoms with Crippen molar-refractivity contribution in [3.63, 3.8) is 0 Å². The van der Waals surface area contributed by atoms with Crippen LogP contribution in [-0.2, 0) is 4.74 Å². The lowest BCUT2D eigenvalue weighted by molar-refractivity contribution is 0.0925. The van der Waals surface area contributed by atoms with Crippen molar-refractivity contribution in [2.45, 2.75) is 33.7 Å². The van der Waals surface area contributed by atoms with Gasteiger partial charge in [0.05, 0.1) is 12.3 Å². The molecular formula is C16H25N5O. The fourth-order valence-corrected chi connectivity index (χ4v) is 2.80. The van der Waals surface area contributed by atoms with E-state index in [0.29, 0.717) is 11.6 Å². The molecule has 1 aliphatic rings. The molecule has 1 atom stereocenters. The fraction of sp³-hybridized carbons (Fsp3) is 0.688. The molecule has 0 spiro atoms. The molecule has 1 aromatic heterocycles. The Hall–Kier alpha value is -1.71. The third-order valence-electron chi connectivity index (χ3n) is 4.34. The lowest BCUT2D eigenvalue weighted by Crippen LogP contribution is -2.53. The Kier molecular flexibility index (Phi) is 5.69. The lowest BCUT2D eigenvalue weighted by Gasteiger charge is -2.40. The van der Waals surface area contributed by atoms with Gasteiger partial charge in [-0.2, -0.15) is 10.4 Å². The SMILES string of the molecule is CCOCCN1CCN(c2nnc(C)c(C)c2C#N)C[C@H]1C. The van der Waals surface area contributed by atoms with Crippen LogP contribution in [0.3, 0.4) is 0 Å². The van der Waals surface area contributed by atoms with Crippen molar-refractivity contribution in [2.75, 3.05) is 44.3 Å². The Morgan fingerprint density at radius 3 is 2.73 bits per heavy atom. The summed E-state index contributed by atoms with van der Waals surface area (Å²) in [5, 5.41) is 17.9. The zero-order valence-corrected chi connectivity index (χ0v) is 14.0. The van der Waals surface area contributed by atoms with Gasteiger partial charge in [-0.3, -0.25) is 4.90 Å². The maximum Gasteiger partial charge on any atom is 0.169 e. The average Bonchev–Trinajstić information content (AvgIpc) is 2.51. The molecule has 6 heteroatoms. The van der Waals surface area contributed by atoms with E-state index in [2.05, 4.69) is 33.0 Å². The van der Waals surface area contributed by atoms with Crippen LogP contribution in [-0.4, -0.2) is 60.5 Å². The number of piperazine rings is 1. The zero-order chi connectivity index (χ0) is 16.1. The van der Waals surface area contributed by atoms with Crippen molar-refractivity contribution >= 4 is 5.82 Å². The molecule has 0 amide bonds. The first-order valence-corrected chi connectivity index (χ1v) is 7.89. The average molecular weight is 303 g/mol. The van der Waals surface area contributed by atoms with Crippen LogP contribution in [0.2, 0.25) is 0 Å². The van der Waals surface area contributed by atoms with Crippen LogP contribution in [0.25, 0.3) is 0 Å². The molecule has 0 N–H and O–H groups in total. The number of anilines is 1. The molecule has 22 heavy (non-hydrogen) atoms. The molecule has 2 rings (SSSR count). The van der Waals surface area contributed by atoms with Gasteiger partial charge < -0.3 is 9.64 Å². The van der Waals surface area contributed by atoms with E-state index < -0.39 is 0 Å². The van der Waals surface area contributed by atoms with Crippen LogP contribution in [0.15, 0.2) is 0 Å². The molecule has 120 valence electrons. The number of aromatic nitrogens is 2. The highest BCUT2D eigenvalue weighted by Gasteiger charge is 2.26. The van der Waals surface area contributed by atoms with Crippen molar-refractivity contribution < 1.29 is 4.74 Å². The molecule has 2 heterocycles. The maximum atomic E-state index is 9.44. The molecule has 0 bridgehead atoms. The Labute approximate surface area is 132 Å². The van der Waals surface area contributed by atoms with Crippen LogP contribution in [0.4, 0.5) is 5.82 Å². The Balaban J connectivity index is 2.08. The van der Waals surface area contributed by atoms with Gasteiger partial charge in [0.2, 0.25) is 0 Å². The van der Waals surface area contributed by atoms with E-state index >= 15 is 0 Å². The highest BCUT2D eigenvalue weighted by molar-refractivity contribution is 5.57. The molecule has 1 aromatic rings. The Bertz CT molecular complexity index is 554. The van der Waals surface area contributed by atoms with E-state index in [0.717, 1.165) is 56.5 Å². The molecule has 0 radical (unpaired) electrons. The van der Waals surface area contributed by atoms with Crippen molar-refractivity contribution in [1.29, 1.82) is 5.26 Å². The van der Waals surface area contributed by atoms with Gasteiger partial charge in [-0.1, -0.05) is 0 Å². The Morgan fingerprint density at radius 1 is 1.32 bits per heavy atom. The first-order chi connectivity index (χ1) is 10.6. The smallest absolute Gasteiger partial charge is 0.169 e. The molecule has 1 aliphatic heterocycles. The minimum absolute atomic E-state index is 0.407. The first kappa shape index (κ1) is 16.7. The number of aryl methyl sites for hydroxylation is 1. The molecule has 6 nitrogen and oxygen atoms in total. The van der Waals surface area contributed by atoms with Gasteiger partial charge in [0.1, 0.15) is 11.6 Å². The van der Waals surface area contributed by atoms with Crippen molar-refractivity contribution in [1.82, 2.24) is 15.1 Å². The number of rotatable bonds is 5. The summed E-state index contributed by atoms with van der Waals surface area (Å²) in [5.74, 6) is 0.724. The van der Waals surface area contributed by atoms with Crippen LogP contribution >= 0.6 is 0 Å². The Morgan fingerprint density at radius 2 is 2.09 bits per heavy atom. The van der Waals surface area contributed by atoms with Crippen molar-refractivity contribution in [3.8, 4) is 6.07 Å². The summed E-state index contributed by atoms with van der Waals surface area (Å²) in [5.41, 5.74) is 2.41. The summed E-state index contributed by atoms with van der Waals surface area (Å²) in [6.45, 7) is 13.2. The highest BCUT2D eigenvalue weighted by atomic mass is 16.5. The number of hydrogen-bond acceptors (Lipinski definition) is 6. The molecule has 1 fully saturated rings. The van der Waals surface area contributed by atoms with E-state index in [4.69, 9.17) is 4.74 Å². The van der Waals surface area contributed by atoms with Crippen LogP contribution in [0.1, 0.15) is 30.7 Å². The topological polar surface area (TPSA) is 65.3 Å². The molecule has 0 aliphatic carbocycles.